The van der Waals surface area contributed by atoms with E-state index in [4.69, 9.17) is 5.11 Å². The largest absolute Gasteiger partial charge is 0.481 e. The second-order valence-corrected chi connectivity index (χ2v) is 4.15. The van der Waals surface area contributed by atoms with Gasteiger partial charge in [-0.3, -0.25) is 4.79 Å². The van der Waals surface area contributed by atoms with Crippen LogP contribution >= 0.6 is 0 Å². The van der Waals surface area contributed by atoms with Crippen LogP contribution in [0.15, 0.2) is 0 Å². The van der Waals surface area contributed by atoms with Crippen LogP contribution in [-0.2, 0) is 4.79 Å². The van der Waals surface area contributed by atoms with Crippen LogP contribution in [0.4, 0.5) is 0 Å². The minimum Gasteiger partial charge on any atom is -0.481 e. The Balaban J connectivity index is 2.11. The maximum absolute atomic E-state index is 10.7. The molecule has 0 aromatic heterocycles. The molecule has 2 atom stereocenters. The number of fused-ring (bicyclic) bond motifs is 1. The highest BCUT2D eigenvalue weighted by atomic mass is 16.4. The van der Waals surface area contributed by atoms with E-state index in [1.807, 2.05) is 0 Å². The molecule has 2 aliphatic rings. The van der Waals surface area contributed by atoms with Crippen LogP contribution < -0.4 is 5.32 Å². The molecule has 0 aromatic rings. The van der Waals surface area contributed by atoms with E-state index in [2.05, 4.69) is 5.32 Å². The molecule has 2 fully saturated rings. The lowest BCUT2D eigenvalue weighted by atomic mass is 9.78. The Morgan fingerprint density at radius 3 is 3.25 bits per heavy atom. The Morgan fingerprint density at radius 2 is 2.50 bits per heavy atom. The molecule has 3 heteroatoms. The van der Waals surface area contributed by atoms with Gasteiger partial charge in [-0.2, -0.15) is 0 Å². The summed E-state index contributed by atoms with van der Waals surface area (Å²) >= 11 is 0. The SMILES string of the molecule is O=C(O)CC12CCCC1CNC2. The maximum atomic E-state index is 10.7. The number of nitrogens with one attached hydrogen (secondary N) is 1. The zero-order valence-electron chi connectivity index (χ0n) is 7.18. The van der Waals surface area contributed by atoms with Crippen LogP contribution in [0.3, 0.4) is 0 Å². The van der Waals surface area contributed by atoms with Gasteiger partial charge in [0.2, 0.25) is 0 Å². The fourth-order valence-electron chi connectivity index (χ4n) is 2.85. The average Bonchev–Trinajstić information content (AvgIpc) is 2.42. The zero-order valence-corrected chi connectivity index (χ0v) is 7.18. The second-order valence-electron chi connectivity index (χ2n) is 4.15. The van der Waals surface area contributed by atoms with Crippen LogP contribution in [0.2, 0.25) is 0 Å². The van der Waals surface area contributed by atoms with E-state index >= 15 is 0 Å². The Labute approximate surface area is 72.2 Å². The highest BCUT2D eigenvalue weighted by Crippen LogP contribution is 2.47. The van der Waals surface area contributed by atoms with E-state index in [1.165, 1.54) is 12.8 Å². The Kier molecular flexibility index (Phi) is 1.83. The van der Waals surface area contributed by atoms with Crippen LogP contribution in [0.25, 0.3) is 0 Å². The smallest absolute Gasteiger partial charge is 0.303 e. The molecule has 3 nitrogen and oxygen atoms in total. The van der Waals surface area contributed by atoms with Crippen molar-refractivity contribution in [2.75, 3.05) is 13.1 Å². The van der Waals surface area contributed by atoms with E-state index in [-0.39, 0.29) is 5.41 Å². The summed E-state index contributed by atoms with van der Waals surface area (Å²) < 4.78 is 0. The highest BCUT2D eigenvalue weighted by Gasteiger charge is 2.47. The van der Waals surface area contributed by atoms with Gasteiger partial charge in [-0.25, -0.2) is 0 Å². The Hall–Kier alpha value is -0.570. The molecule has 68 valence electrons. The van der Waals surface area contributed by atoms with Crippen molar-refractivity contribution in [1.29, 1.82) is 0 Å². The van der Waals surface area contributed by atoms with E-state index < -0.39 is 5.97 Å². The molecule has 2 unspecified atom stereocenters. The third-order valence-electron chi connectivity index (χ3n) is 3.46. The standard InChI is InChI=1S/C9H15NO2/c11-8(12)4-9-3-1-2-7(9)5-10-6-9/h7,10H,1-6H2,(H,11,12). The quantitative estimate of drug-likeness (QED) is 0.644. The molecule has 1 saturated carbocycles. The number of carboxylic acids is 1. The van der Waals surface area contributed by atoms with Crippen molar-refractivity contribution < 1.29 is 9.90 Å². The van der Waals surface area contributed by atoms with E-state index in [0.29, 0.717) is 12.3 Å². The van der Waals surface area contributed by atoms with Gasteiger partial charge in [-0.05, 0) is 30.7 Å². The van der Waals surface area contributed by atoms with Crippen LogP contribution in [-0.4, -0.2) is 24.2 Å². The second kappa shape index (κ2) is 2.73. The molecule has 1 aliphatic heterocycles. The predicted octanol–water partition coefficient (Wildman–Crippen LogP) is 0.851. The van der Waals surface area contributed by atoms with Crippen molar-refractivity contribution in [2.24, 2.45) is 11.3 Å². The molecule has 0 amide bonds. The molecule has 1 aliphatic carbocycles. The fourth-order valence-corrected chi connectivity index (χ4v) is 2.85. The van der Waals surface area contributed by atoms with E-state index in [0.717, 1.165) is 19.5 Å². The Bertz CT molecular complexity index is 193. The molecule has 2 N–H and O–H groups in total. The summed E-state index contributed by atoms with van der Waals surface area (Å²) in [7, 11) is 0. The molecular weight excluding hydrogens is 154 g/mol. The maximum Gasteiger partial charge on any atom is 0.303 e. The van der Waals surface area contributed by atoms with Gasteiger partial charge in [-0.1, -0.05) is 6.42 Å². The summed E-state index contributed by atoms with van der Waals surface area (Å²) in [6.45, 7) is 1.96. The van der Waals surface area contributed by atoms with Gasteiger partial charge < -0.3 is 10.4 Å². The lowest BCUT2D eigenvalue weighted by molar-refractivity contribution is -0.139. The lowest BCUT2D eigenvalue weighted by Crippen LogP contribution is -2.28. The van der Waals surface area contributed by atoms with Gasteiger partial charge in [0.15, 0.2) is 0 Å². The van der Waals surface area contributed by atoms with Gasteiger partial charge in [0.1, 0.15) is 0 Å². The lowest BCUT2D eigenvalue weighted by Gasteiger charge is -2.25. The van der Waals surface area contributed by atoms with E-state index in [9.17, 15) is 4.79 Å². The van der Waals surface area contributed by atoms with Gasteiger partial charge in [0.25, 0.3) is 0 Å². The van der Waals surface area contributed by atoms with Gasteiger partial charge in [0.05, 0.1) is 6.42 Å². The molecule has 0 aromatic carbocycles. The van der Waals surface area contributed by atoms with Crippen molar-refractivity contribution >= 4 is 5.97 Å². The topological polar surface area (TPSA) is 49.3 Å². The Morgan fingerprint density at radius 1 is 1.67 bits per heavy atom. The summed E-state index contributed by atoms with van der Waals surface area (Å²) in [5, 5.41) is 12.1. The minimum atomic E-state index is -0.634. The third-order valence-corrected chi connectivity index (χ3v) is 3.46. The van der Waals surface area contributed by atoms with Gasteiger partial charge >= 0.3 is 5.97 Å². The number of aliphatic carboxylic acids is 1. The number of hydrogen-bond acceptors (Lipinski definition) is 2. The monoisotopic (exact) mass is 169 g/mol. The highest BCUT2D eigenvalue weighted by molar-refractivity contribution is 5.68. The van der Waals surface area contributed by atoms with Crippen LogP contribution in [0.5, 0.6) is 0 Å². The number of hydrogen-bond donors (Lipinski definition) is 2. The summed E-state index contributed by atoms with van der Waals surface area (Å²) in [6, 6.07) is 0. The molecule has 0 radical (unpaired) electrons. The first-order valence-electron chi connectivity index (χ1n) is 4.65. The van der Waals surface area contributed by atoms with Gasteiger partial charge in [-0.15, -0.1) is 0 Å². The van der Waals surface area contributed by atoms with Crippen molar-refractivity contribution in [2.45, 2.75) is 25.7 Å². The number of carboxylic acid groups (broad SMARTS) is 1. The van der Waals surface area contributed by atoms with Crippen molar-refractivity contribution in [3.05, 3.63) is 0 Å². The molecular formula is C9H15NO2. The van der Waals surface area contributed by atoms with Crippen molar-refractivity contribution in [3.8, 4) is 0 Å². The average molecular weight is 169 g/mol. The van der Waals surface area contributed by atoms with Crippen LogP contribution in [0.1, 0.15) is 25.7 Å². The van der Waals surface area contributed by atoms with Crippen molar-refractivity contribution in [1.82, 2.24) is 5.32 Å². The predicted molar refractivity (Wildman–Crippen MR) is 44.9 cm³/mol. The fraction of sp³-hybridized carbons (Fsp3) is 0.889. The van der Waals surface area contributed by atoms with E-state index in [1.54, 1.807) is 0 Å². The molecule has 1 heterocycles. The molecule has 0 spiro atoms. The third kappa shape index (κ3) is 1.12. The number of carbonyl (C=O) groups is 1. The number of rotatable bonds is 2. The van der Waals surface area contributed by atoms with Gasteiger partial charge in [0, 0.05) is 6.54 Å². The molecule has 1 saturated heterocycles. The van der Waals surface area contributed by atoms with Crippen LogP contribution in [0, 0.1) is 11.3 Å². The summed E-state index contributed by atoms with van der Waals surface area (Å²) in [5.74, 6) is -0.000741. The first-order valence-corrected chi connectivity index (χ1v) is 4.65. The summed E-state index contributed by atoms with van der Waals surface area (Å²) in [6.07, 6.45) is 3.92. The molecule has 2 rings (SSSR count). The summed E-state index contributed by atoms with van der Waals surface area (Å²) in [5.41, 5.74) is 0.117. The first kappa shape index (κ1) is 8.05. The summed E-state index contributed by atoms with van der Waals surface area (Å²) in [4.78, 5) is 10.7. The normalized spacial score (nSPS) is 39.8. The zero-order chi connectivity index (χ0) is 8.60. The molecule has 12 heavy (non-hydrogen) atoms. The minimum absolute atomic E-state index is 0.117. The molecule has 0 bridgehead atoms. The van der Waals surface area contributed by atoms with Crippen molar-refractivity contribution in [3.63, 3.8) is 0 Å². The first-order chi connectivity index (χ1) is 5.73.